The van der Waals surface area contributed by atoms with Crippen molar-refractivity contribution in [1.82, 2.24) is 0 Å². The molecular weight excluding hydrogens is 220 g/mol. The molecule has 2 rings (SSSR count). The van der Waals surface area contributed by atoms with Crippen LogP contribution in [0.2, 0.25) is 0 Å². The lowest BCUT2D eigenvalue weighted by Crippen LogP contribution is -2.27. The molecule has 0 unspecified atom stereocenters. The summed E-state index contributed by atoms with van der Waals surface area (Å²) in [4.78, 5) is 0. The minimum Gasteiger partial charge on any atom is -0.324 e. The van der Waals surface area contributed by atoms with Gasteiger partial charge in [-0.2, -0.15) is 0 Å². The number of hydrogen-bond acceptors (Lipinski definition) is 1. The van der Waals surface area contributed by atoms with Crippen LogP contribution in [0, 0.1) is 17.6 Å². The van der Waals surface area contributed by atoms with Crippen molar-refractivity contribution in [3.63, 3.8) is 0 Å². The zero-order valence-electron chi connectivity index (χ0n) is 8.25. The summed E-state index contributed by atoms with van der Waals surface area (Å²) in [6.07, 6.45) is 3.27. The van der Waals surface area contributed by atoms with Crippen LogP contribution in [-0.4, -0.2) is 0 Å². The average Bonchev–Trinajstić information content (AvgIpc) is 2.00. The zero-order chi connectivity index (χ0) is 10.1. The Kier molecular flexibility index (Phi) is 4.05. The van der Waals surface area contributed by atoms with Crippen LogP contribution in [0.25, 0.3) is 0 Å². The highest BCUT2D eigenvalue weighted by molar-refractivity contribution is 5.85. The maximum atomic E-state index is 13.3. The van der Waals surface area contributed by atoms with Gasteiger partial charge in [0.25, 0.3) is 0 Å². The molecule has 0 heterocycles. The minimum absolute atomic E-state index is 0. The van der Waals surface area contributed by atoms with Crippen molar-refractivity contribution in [2.24, 2.45) is 11.7 Å². The molecule has 0 saturated heterocycles. The summed E-state index contributed by atoms with van der Waals surface area (Å²) in [5, 5.41) is 0. The molecule has 1 nitrogen and oxygen atoms in total. The van der Waals surface area contributed by atoms with E-state index in [1.807, 2.05) is 0 Å². The molecule has 1 atom stereocenters. The van der Waals surface area contributed by atoms with Gasteiger partial charge in [0.1, 0.15) is 11.6 Å². The van der Waals surface area contributed by atoms with Gasteiger partial charge in [0.15, 0.2) is 0 Å². The van der Waals surface area contributed by atoms with Gasteiger partial charge in [-0.15, -0.1) is 12.4 Å². The molecule has 1 fully saturated rings. The number of halogens is 3. The largest absolute Gasteiger partial charge is 0.324 e. The van der Waals surface area contributed by atoms with E-state index in [1.54, 1.807) is 0 Å². The van der Waals surface area contributed by atoms with Gasteiger partial charge < -0.3 is 5.73 Å². The van der Waals surface area contributed by atoms with Crippen LogP contribution in [0.4, 0.5) is 8.78 Å². The lowest BCUT2D eigenvalue weighted by atomic mass is 9.77. The molecule has 1 aromatic carbocycles. The SMILES string of the molecule is Cl.N[C@H](c1ccc(F)cc1F)C1CCC1. The number of nitrogens with two attached hydrogens (primary N) is 1. The van der Waals surface area contributed by atoms with Crippen molar-refractivity contribution >= 4 is 12.4 Å². The van der Waals surface area contributed by atoms with Crippen LogP contribution in [0.15, 0.2) is 18.2 Å². The van der Waals surface area contributed by atoms with Crippen molar-refractivity contribution in [3.05, 3.63) is 35.4 Å². The molecule has 1 aromatic rings. The summed E-state index contributed by atoms with van der Waals surface area (Å²) in [5.41, 5.74) is 6.33. The van der Waals surface area contributed by atoms with Gasteiger partial charge >= 0.3 is 0 Å². The van der Waals surface area contributed by atoms with Gasteiger partial charge in [-0.3, -0.25) is 0 Å². The monoisotopic (exact) mass is 233 g/mol. The second kappa shape index (κ2) is 4.90. The van der Waals surface area contributed by atoms with Gasteiger partial charge in [0, 0.05) is 17.7 Å². The van der Waals surface area contributed by atoms with Gasteiger partial charge in [-0.1, -0.05) is 12.5 Å². The van der Waals surface area contributed by atoms with Crippen LogP contribution >= 0.6 is 12.4 Å². The normalized spacial score (nSPS) is 17.8. The molecule has 1 saturated carbocycles. The van der Waals surface area contributed by atoms with Crippen molar-refractivity contribution in [3.8, 4) is 0 Å². The third kappa shape index (κ3) is 2.47. The molecular formula is C11H14ClF2N. The summed E-state index contributed by atoms with van der Waals surface area (Å²) >= 11 is 0. The Labute approximate surface area is 94.1 Å². The van der Waals surface area contributed by atoms with Crippen molar-refractivity contribution < 1.29 is 8.78 Å². The molecule has 0 bridgehead atoms. The third-order valence-electron chi connectivity index (χ3n) is 2.98. The van der Waals surface area contributed by atoms with E-state index in [0.717, 1.165) is 18.9 Å². The van der Waals surface area contributed by atoms with Crippen LogP contribution < -0.4 is 5.73 Å². The van der Waals surface area contributed by atoms with Gasteiger partial charge in [-0.25, -0.2) is 8.78 Å². The second-order valence-electron chi connectivity index (χ2n) is 3.88. The molecule has 1 aliphatic carbocycles. The first kappa shape index (κ1) is 12.4. The van der Waals surface area contributed by atoms with E-state index >= 15 is 0 Å². The van der Waals surface area contributed by atoms with Crippen LogP contribution in [-0.2, 0) is 0 Å². The van der Waals surface area contributed by atoms with E-state index in [-0.39, 0.29) is 18.4 Å². The third-order valence-corrected chi connectivity index (χ3v) is 2.98. The van der Waals surface area contributed by atoms with Gasteiger partial charge in [-0.05, 0) is 24.8 Å². The summed E-state index contributed by atoms with van der Waals surface area (Å²) in [7, 11) is 0. The van der Waals surface area contributed by atoms with Crippen molar-refractivity contribution in [2.45, 2.75) is 25.3 Å². The van der Waals surface area contributed by atoms with Crippen molar-refractivity contribution in [1.29, 1.82) is 0 Å². The maximum Gasteiger partial charge on any atom is 0.130 e. The summed E-state index contributed by atoms with van der Waals surface area (Å²) in [6.45, 7) is 0. The zero-order valence-corrected chi connectivity index (χ0v) is 9.07. The molecule has 2 N–H and O–H groups in total. The quantitative estimate of drug-likeness (QED) is 0.834. The first-order valence-corrected chi connectivity index (χ1v) is 4.89. The molecule has 4 heteroatoms. The Morgan fingerprint density at radius 2 is 1.93 bits per heavy atom. The Bertz CT molecular complexity index is 339. The second-order valence-corrected chi connectivity index (χ2v) is 3.88. The predicted molar refractivity (Wildman–Crippen MR) is 57.9 cm³/mol. The van der Waals surface area contributed by atoms with E-state index in [2.05, 4.69) is 0 Å². The van der Waals surface area contributed by atoms with Gasteiger partial charge in [0.2, 0.25) is 0 Å². The standard InChI is InChI=1S/C11H13F2N.ClH/c12-8-4-5-9(10(13)6-8)11(14)7-2-1-3-7;/h4-7,11H,1-3,14H2;1H/t11-;/m0./s1. The van der Waals surface area contributed by atoms with E-state index in [1.165, 1.54) is 18.6 Å². The predicted octanol–water partition coefficient (Wildman–Crippen LogP) is 3.19. The topological polar surface area (TPSA) is 26.0 Å². The molecule has 0 aromatic heterocycles. The molecule has 0 amide bonds. The Morgan fingerprint density at radius 3 is 2.40 bits per heavy atom. The van der Waals surface area contributed by atoms with Gasteiger partial charge in [0.05, 0.1) is 0 Å². The summed E-state index contributed by atoms with van der Waals surface area (Å²) in [6, 6.07) is 3.34. The molecule has 0 aliphatic heterocycles. The molecule has 84 valence electrons. The molecule has 0 radical (unpaired) electrons. The summed E-state index contributed by atoms with van der Waals surface area (Å²) < 4.78 is 25.9. The highest BCUT2D eigenvalue weighted by Gasteiger charge is 2.27. The Hall–Kier alpha value is -0.670. The van der Waals surface area contributed by atoms with E-state index in [4.69, 9.17) is 5.73 Å². The molecule has 15 heavy (non-hydrogen) atoms. The number of benzene rings is 1. The average molecular weight is 234 g/mol. The van der Waals surface area contributed by atoms with E-state index in [9.17, 15) is 8.78 Å². The lowest BCUT2D eigenvalue weighted by molar-refractivity contribution is 0.260. The highest BCUT2D eigenvalue weighted by Crippen LogP contribution is 2.36. The first-order valence-electron chi connectivity index (χ1n) is 4.89. The number of rotatable bonds is 2. The lowest BCUT2D eigenvalue weighted by Gasteiger charge is -2.31. The maximum absolute atomic E-state index is 13.3. The fourth-order valence-corrected chi connectivity index (χ4v) is 1.82. The summed E-state index contributed by atoms with van der Waals surface area (Å²) in [5.74, 6) is -0.702. The van der Waals surface area contributed by atoms with Crippen LogP contribution in [0.5, 0.6) is 0 Å². The molecule has 0 spiro atoms. The van der Waals surface area contributed by atoms with Crippen LogP contribution in [0.1, 0.15) is 30.9 Å². The fraction of sp³-hybridized carbons (Fsp3) is 0.455. The van der Waals surface area contributed by atoms with Crippen molar-refractivity contribution in [2.75, 3.05) is 0 Å². The first-order chi connectivity index (χ1) is 6.68. The Morgan fingerprint density at radius 1 is 1.27 bits per heavy atom. The van der Waals surface area contributed by atoms with E-state index in [0.29, 0.717) is 11.5 Å². The molecule has 1 aliphatic rings. The Balaban J connectivity index is 0.00000112. The smallest absolute Gasteiger partial charge is 0.130 e. The highest BCUT2D eigenvalue weighted by atomic mass is 35.5. The number of hydrogen-bond donors (Lipinski definition) is 1. The van der Waals surface area contributed by atoms with Crippen LogP contribution in [0.3, 0.4) is 0 Å². The fourth-order valence-electron chi connectivity index (χ4n) is 1.82. The minimum atomic E-state index is -0.549. The van der Waals surface area contributed by atoms with E-state index < -0.39 is 11.6 Å².